The van der Waals surface area contributed by atoms with Gasteiger partial charge in [0, 0.05) is 12.6 Å². The van der Waals surface area contributed by atoms with Gasteiger partial charge in [-0.1, -0.05) is 0 Å². The molecule has 1 aliphatic heterocycles. The minimum absolute atomic E-state index is 0.178. The second-order valence-corrected chi connectivity index (χ2v) is 7.32. The van der Waals surface area contributed by atoms with Crippen LogP contribution in [0.4, 0.5) is 19.0 Å². The third-order valence-electron chi connectivity index (χ3n) is 4.47. The fourth-order valence-corrected chi connectivity index (χ4v) is 2.94. The number of alkyl halides is 1. The van der Waals surface area contributed by atoms with Crippen LogP contribution in [-0.2, 0) is 5.60 Å². The van der Waals surface area contributed by atoms with Gasteiger partial charge in [0.05, 0.1) is 25.1 Å². The maximum absolute atomic E-state index is 14.1. The van der Waals surface area contributed by atoms with Gasteiger partial charge in [0.25, 0.3) is 0 Å². The SMILES string of the molecule is COc1cn2ncc(-c3nc(N)c(F)cc3F)c2nc1C(C)(C)O.FC1CCNC1. The second kappa shape index (κ2) is 8.44. The van der Waals surface area contributed by atoms with Crippen LogP contribution in [0, 0.1) is 11.6 Å². The number of rotatable bonds is 3. The standard InChI is InChI=1S/C15H15F2N5O2.C4H8FN/c1-15(2,23)12-10(24-3)6-22-14(21-12)7(5-19-22)11-8(16)4-9(17)13(18)20-11;5-4-1-2-6-3-4/h4-6,23H,1-3H3,(H2,18,20);4,6H,1-3H2. The lowest BCUT2D eigenvalue weighted by atomic mass is 10.0. The lowest BCUT2D eigenvalue weighted by Crippen LogP contribution is -2.19. The van der Waals surface area contributed by atoms with E-state index >= 15 is 0 Å². The van der Waals surface area contributed by atoms with Crippen LogP contribution in [0.15, 0.2) is 18.5 Å². The van der Waals surface area contributed by atoms with Gasteiger partial charge in [0.15, 0.2) is 28.8 Å². The summed E-state index contributed by atoms with van der Waals surface area (Å²) in [7, 11) is 1.43. The van der Waals surface area contributed by atoms with Crippen LogP contribution in [0.5, 0.6) is 5.75 Å². The number of hydrogen-bond acceptors (Lipinski definition) is 7. The number of nitrogens with one attached hydrogen (secondary N) is 1. The minimum atomic E-state index is -1.30. The van der Waals surface area contributed by atoms with Crippen molar-refractivity contribution in [3.05, 3.63) is 35.8 Å². The first-order chi connectivity index (χ1) is 14.1. The molecule has 1 atom stereocenters. The number of aliphatic hydroxyl groups is 1. The van der Waals surface area contributed by atoms with Crippen molar-refractivity contribution in [1.29, 1.82) is 0 Å². The molecule has 3 aromatic rings. The molecule has 0 aliphatic carbocycles. The summed E-state index contributed by atoms with van der Waals surface area (Å²) in [5.41, 5.74) is 4.63. The van der Waals surface area contributed by atoms with Crippen molar-refractivity contribution in [3.8, 4) is 17.0 Å². The molecule has 0 saturated carbocycles. The summed E-state index contributed by atoms with van der Waals surface area (Å²) in [5, 5.41) is 17.2. The first-order valence-corrected chi connectivity index (χ1v) is 9.23. The number of hydrogen-bond donors (Lipinski definition) is 3. The van der Waals surface area contributed by atoms with Crippen LogP contribution in [0.25, 0.3) is 16.9 Å². The average Bonchev–Trinajstić information content (AvgIpc) is 3.32. The van der Waals surface area contributed by atoms with Gasteiger partial charge in [-0.25, -0.2) is 27.7 Å². The molecule has 1 aliphatic rings. The molecule has 1 unspecified atom stereocenters. The number of nitrogens with zero attached hydrogens (tertiary/aromatic N) is 4. The third kappa shape index (κ3) is 4.46. The van der Waals surface area contributed by atoms with E-state index in [1.807, 2.05) is 0 Å². The van der Waals surface area contributed by atoms with Gasteiger partial charge in [-0.15, -0.1) is 0 Å². The predicted octanol–water partition coefficient (Wildman–Crippen LogP) is 2.21. The van der Waals surface area contributed by atoms with Gasteiger partial charge in [0.2, 0.25) is 0 Å². The van der Waals surface area contributed by atoms with Crippen molar-refractivity contribution >= 4 is 11.5 Å². The summed E-state index contributed by atoms with van der Waals surface area (Å²) < 4.78 is 45.8. The highest BCUT2D eigenvalue weighted by Crippen LogP contribution is 2.32. The Morgan fingerprint density at radius 2 is 2.03 bits per heavy atom. The maximum atomic E-state index is 14.1. The Bertz CT molecular complexity index is 1040. The Balaban J connectivity index is 0.000000367. The Kier molecular flexibility index (Phi) is 6.13. The summed E-state index contributed by atoms with van der Waals surface area (Å²) >= 11 is 0. The smallest absolute Gasteiger partial charge is 0.168 e. The van der Waals surface area contributed by atoms with Crippen molar-refractivity contribution in [1.82, 2.24) is 24.9 Å². The molecule has 0 radical (unpaired) electrons. The zero-order valence-electron chi connectivity index (χ0n) is 16.8. The molecular formula is C19H23F3N6O2. The Labute approximate surface area is 170 Å². The molecule has 1 fully saturated rings. The highest BCUT2D eigenvalue weighted by Gasteiger charge is 2.26. The largest absolute Gasteiger partial charge is 0.493 e. The second-order valence-electron chi connectivity index (χ2n) is 7.32. The van der Waals surface area contributed by atoms with Crippen LogP contribution in [-0.4, -0.2) is 51.1 Å². The number of anilines is 1. The van der Waals surface area contributed by atoms with Crippen LogP contribution in [0.1, 0.15) is 26.0 Å². The van der Waals surface area contributed by atoms with Crippen molar-refractivity contribution in [2.75, 3.05) is 25.9 Å². The van der Waals surface area contributed by atoms with Crippen LogP contribution < -0.4 is 15.8 Å². The first kappa shape index (κ1) is 21.8. The first-order valence-electron chi connectivity index (χ1n) is 9.23. The average molecular weight is 424 g/mol. The molecule has 4 heterocycles. The number of fused-ring (bicyclic) bond motifs is 1. The Hall–Kier alpha value is -2.92. The third-order valence-corrected chi connectivity index (χ3v) is 4.47. The molecule has 0 amide bonds. The molecule has 4 rings (SSSR count). The van der Waals surface area contributed by atoms with Crippen LogP contribution in [0.3, 0.4) is 0 Å². The summed E-state index contributed by atoms with van der Waals surface area (Å²) in [5.74, 6) is -1.95. The van der Waals surface area contributed by atoms with Crippen molar-refractivity contribution < 1.29 is 23.0 Å². The van der Waals surface area contributed by atoms with Crippen LogP contribution in [0.2, 0.25) is 0 Å². The monoisotopic (exact) mass is 424 g/mol. The van der Waals surface area contributed by atoms with Gasteiger partial charge in [-0.2, -0.15) is 5.10 Å². The van der Waals surface area contributed by atoms with E-state index in [4.69, 9.17) is 10.5 Å². The quantitative estimate of drug-likeness (QED) is 0.591. The van der Waals surface area contributed by atoms with Crippen molar-refractivity contribution in [2.24, 2.45) is 0 Å². The minimum Gasteiger partial charge on any atom is -0.493 e. The highest BCUT2D eigenvalue weighted by atomic mass is 19.1. The van der Waals surface area contributed by atoms with Crippen LogP contribution >= 0.6 is 0 Å². The molecule has 30 heavy (non-hydrogen) atoms. The molecule has 3 aromatic heterocycles. The van der Waals surface area contributed by atoms with Crippen molar-refractivity contribution in [3.63, 3.8) is 0 Å². The lowest BCUT2D eigenvalue weighted by Gasteiger charge is -2.19. The van der Waals surface area contributed by atoms with Gasteiger partial charge >= 0.3 is 0 Å². The number of nitrogen functional groups attached to an aromatic ring is 1. The van der Waals surface area contributed by atoms with E-state index in [9.17, 15) is 18.3 Å². The number of aromatic nitrogens is 4. The zero-order chi connectivity index (χ0) is 22.1. The molecule has 1 saturated heterocycles. The zero-order valence-corrected chi connectivity index (χ0v) is 16.8. The topological polar surface area (TPSA) is 111 Å². The fraction of sp³-hybridized carbons (Fsp3) is 0.421. The van der Waals surface area contributed by atoms with Gasteiger partial charge in [-0.05, 0) is 26.8 Å². The number of halogens is 3. The molecule has 4 N–H and O–H groups in total. The molecule has 0 aromatic carbocycles. The number of pyridine rings is 1. The summed E-state index contributed by atoms with van der Waals surface area (Å²) in [6.07, 6.45) is 2.98. The van der Waals surface area contributed by atoms with E-state index in [-0.39, 0.29) is 22.6 Å². The van der Waals surface area contributed by atoms with Gasteiger partial charge in [0.1, 0.15) is 23.2 Å². The maximum Gasteiger partial charge on any atom is 0.168 e. The molecule has 11 heteroatoms. The normalized spacial score (nSPS) is 16.4. The Morgan fingerprint density at radius 1 is 1.30 bits per heavy atom. The van der Waals surface area contributed by atoms with Gasteiger partial charge < -0.3 is 20.9 Å². The number of methoxy groups -OCH3 is 1. The Morgan fingerprint density at radius 3 is 2.57 bits per heavy atom. The van der Waals surface area contributed by atoms with E-state index in [1.54, 1.807) is 13.8 Å². The van der Waals surface area contributed by atoms with E-state index in [2.05, 4.69) is 20.4 Å². The highest BCUT2D eigenvalue weighted by molar-refractivity contribution is 5.76. The van der Waals surface area contributed by atoms with E-state index in [0.717, 1.165) is 6.54 Å². The van der Waals surface area contributed by atoms with E-state index in [0.29, 0.717) is 24.8 Å². The van der Waals surface area contributed by atoms with E-state index < -0.39 is 29.2 Å². The lowest BCUT2D eigenvalue weighted by molar-refractivity contribution is 0.0707. The fourth-order valence-electron chi connectivity index (χ4n) is 2.94. The van der Waals surface area contributed by atoms with Crippen molar-refractivity contribution in [2.45, 2.75) is 32.0 Å². The molecule has 162 valence electrons. The summed E-state index contributed by atoms with van der Waals surface area (Å²) in [6.45, 7) is 4.51. The molecule has 0 spiro atoms. The van der Waals surface area contributed by atoms with Gasteiger partial charge in [-0.3, -0.25) is 0 Å². The van der Waals surface area contributed by atoms with E-state index in [1.165, 1.54) is 24.0 Å². The molecular weight excluding hydrogens is 401 g/mol. The molecule has 0 bridgehead atoms. The number of nitrogens with two attached hydrogens (primary N) is 1. The summed E-state index contributed by atoms with van der Waals surface area (Å²) in [6, 6.07) is 0.654. The summed E-state index contributed by atoms with van der Waals surface area (Å²) in [4.78, 5) is 8.07. The molecule has 8 nitrogen and oxygen atoms in total. The predicted molar refractivity (Wildman–Crippen MR) is 105 cm³/mol. The number of ether oxygens (including phenoxy) is 1.